The monoisotopic (exact) mass is 595 g/mol. The van der Waals surface area contributed by atoms with Crippen LogP contribution in [0.5, 0.6) is 0 Å². The highest BCUT2D eigenvalue weighted by Gasteiger charge is 2.20. The molecule has 1 aliphatic heterocycles. The minimum absolute atomic E-state index is 0.0136. The van der Waals surface area contributed by atoms with E-state index in [0.29, 0.717) is 71.4 Å². The number of carbonyl (C=O) groups is 2. The van der Waals surface area contributed by atoms with Crippen molar-refractivity contribution >= 4 is 40.0 Å². The van der Waals surface area contributed by atoms with Crippen LogP contribution < -0.4 is 15.5 Å². The molecule has 0 atom stereocenters. The molecule has 0 bridgehead atoms. The summed E-state index contributed by atoms with van der Waals surface area (Å²) in [6.07, 6.45) is 2.97. The number of nitrogens with zero attached hydrogens (tertiary/aromatic N) is 5. The van der Waals surface area contributed by atoms with E-state index in [-0.39, 0.29) is 23.5 Å². The Bertz CT molecular complexity index is 1860. The Balaban J connectivity index is 1.26. The summed E-state index contributed by atoms with van der Waals surface area (Å²) < 4.78 is 34.3. The lowest BCUT2D eigenvalue weighted by atomic mass is 10.1. The van der Waals surface area contributed by atoms with Gasteiger partial charge < -0.3 is 20.3 Å². The number of nitrogens with one attached hydrogen (secondary N) is 2. The van der Waals surface area contributed by atoms with E-state index in [1.54, 1.807) is 48.7 Å². The number of halogens is 2. The van der Waals surface area contributed by atoms with Crippen LogP contribution in [0.15, 0.2) is 73.1 Å². The molecule has 222 valence electrons. The van der Waals surface area contributed by atoms with Crippen LogP contribution in [0.4, 0.5) is 30.8 Å². The molecular formula is C32H27F2N7O3. The molecule has 4 heterocycles. The number of hydrogen-bond donors (Lipinski definition) is 2. The van der Waals surface area contributed by atoms with Crippen LogP contribution in [0.3, 0.4) is 0 Å². The van der Waals surface area contributed by atoms with Crippen molar-refractivity contribution in [3.63, 3.8) is 0 Å². The lowest BCUT2D eigenvalue weighted by Crippen LogP contribution is -2.37. The van der Waals surface area contributed by atoms with Crippen molar-refractivity contribution < 1.29 is 23.1 Å². The van der Waals surface area contributed by atoms with Gasteiger partial charge in [-0.05, 0) is 67.1 Å². The number of pyridine rings is 2. The third-order valence-electron chi connectivity index (χ3n) is 7.05. The quantitative estimate of drug-likeness (QED) is 0.232. The molecule has 1 saturated heterocycles. The van der Waals surface area contributed by atoms with Crippen LogP contribution in [0.1, 0.15) is 12.5 Å². The lowest BCUT2D eigenvalue weighted by molar-refractivity contribution is -0.116. The zero-order valence-electron chi connectivity index (χ0n) is 23.7. The van der Waals surface area contributed by atoms with E-state index < -0.39 is 17.8 Å². The number of rotatable bonds is 7. The molecule has 3 aromatic heterocycles. The first kappa shape index (κ1) is 28.7. The van der Waals surface area contributed by atoms with Crippen LogP contribution in [0.25, 0.3) is 33.5 Å². The summed E-state index contributed by atoms with van der Waals surface area (Å²) in [5.74, 6) is -0.240. The van der Waals surface area contributed by atoms with Crippen molar-refractivity contribution in [1.29, 1.82) is 0 Å². The van der Waals surface area contributed by atoms with Gasteiger partial charge in [-0.1, -0.05) is 6.07 Å². The Kier molecular flexibility index (Phi) is 8.15. The molecule has 2 aromatic carbocycles. The van der Waals surface area contributed by atoms with E-state index in [1.165, 1.54) is 31.3 Å². The molecule has 0 radical (unpaired) electrons. The summed E-state index contributed by atoms with van der Waals surface area (Å²) in [7, 11) is 0. The maximum atomic E-state index is 14.5. The summed E-state index contributed by atoms with van der Waals surface area (Å²) in [6.45, 7) is 3.76. The fraction of sp³-hybridized carbons (Fsp3) is 0.188. The first-order valence-corrected chi connectivity index (χ1v) is 13.9. The van der Waals surface area contributed by atoms with E-state index >= 15 is 0 Å². The first-order valence-electron chi connectivity index (χ1n) is 13.9. The van der Waals surface area contributed by atoms with Gasteiger partial charge in [0, 0.05) is 60.0 Å². The molecule has 0 spiro atoms. The third-order valence-corrected chi connectivity index (χ3v) is 7.05. The number of ether oxygens (including phenoxy) is 1. The Morgan fingerprint density at radius 3 is 2.39 bits per heavy atom. The Morgan fingerprint density at radius 1 is 0.909 bits per heavy atom. The maximum absolute atomic E-state index is 14.5. The Morgan fingerprint density at radius 2 is 1.66 bits per heavy atom. The summed E-state index contributed by atoms with van der Waals surface area (Å²) in [5, 5.41) is 5.31. The number of aromatic nitrogens is 4. The molecule has 12 heteroatoms. The van der Waals surface area contributed by atoms with Crippen LogP contribution in [-0.4, -0.2) is 58.1 Å². The molecule has 2 amide bonds. The van der Waals surface area contributed by atoms with Crippen molar-refractivity contribution in [1.82, 2.24) is 19.9 Å². The maximum Gasteiger partial charge on any atom is 0.323 e. The van der Waals surface area contributed by atoms with Crippen molar-refractivity contribution in [3.05, 3.63) is 90.4 Å². The lowest BCUT2D eigenvalue weighted by Gasteiger charge is -2.28. The van der Waals surface area contributed by atoms with Gasteiger partial charge in [0.15, 0.2) is 11.6 Å². The van der Waals surface area contributed by atoms with E-state index in [2.05, 4.69) is 25.5 Å². The number of urea groups is 1. The minimum Gasteiger partial charge on any atom is -0.378 e. The molecule has 1 aliphatic rings. The SMILES string of the molecule is CC(=O)Cc1ccc(NC(=O)Nc2ccc(-c3nc(N4CCOCC4)c4ncc(-c5cccnc5F)cc4n3)cc2)cc1F. The summed E-state index contributed by atoms with van der Waals surface area (Å²) in [6, 6.07) is 15.6. The predicted molar refractivity (Wildman–Crippen MR) is 162 cm³/mol. The van der Waals surface area contributed by atoms with Crippen molar-refractivity contribution in [2.75, 3.05) is 41.8 Å². The fourth-order valence-electron chi connectivity index (χ4n) is 4.91. The second-order valence-corrected chi connectivity index (χ2v) is 10.2. The summed E-state index contributed by atoms with van der Waals surface area (Å²) in [5.41, 5.74) is 3.69. The number of Topliss-reactive ketones (excluding diaryl/α,β-unsaturated/α-hetero) is 1. The van der Waals surface area contributed by atoms with Gasteiger partial charge in [-0.2, -0.15) is 4.39 Å². The number of amides is 2. The third kappa shape index (κ3) is 6.35. The average molecular weight is 596 g/mol. The largest absolute Gasteiger partial charge is 0.378 e. The molecule has 10 nitrogen and oxygen atoms in total. The number of morpholine rings is 1. The Hall–Kier alpha value is -5.36. The van der Waals surface area contributed by atoms with Crippen LogP contribution in [0.2, 0.25) is 0 Å². The highest BCUT2D eigenvalue weighted by molar-refractivity contribution is 6.00. The molecule has 2 N–H and O–H groups in total. The van der Waals surface area contributed by atoms with Gasteiger partial charge in [0.05, 0.1) is 18.7 Å². The van der Waals surface area contributed by atoms with Gasteiger partial charge in [0.2, 0.25) is 5.95 Å². The molecular weight excluding hydrogens is 568 g/mol. The number of hydrogen-bond acceptors (Lipinski definition) is 8. The van der Waals surface area contributed by atoms with E-state index in [0.717, 1.165) is 0 Å². The molecule has 0 aliphatic carbocycles. The summed E-state index contributed by atoms with van der Waals surface area (Å²) in [4.78, 5) is 43.9. The standard InChI is InChI=1S/C32H27F2N7O3/c1-19(42)15-21-6-9-24(17-26(21)33)38-32(43)37-23-7-4-20(5-8-23)30-39-27-16-22(25-3-2-10-35-29(25)34)18-36-28(27)31(40-30)41-11-13-44-14-12-41/h2-10,16-18H,11-15H2,1H3,(H2,37,38,43). The number of carbonyl (C=O) groups excluding carboxylic acids is 2. The van der Waals surface area contributed by atoms with Gasteiger partial charge in [-0.25, -0.2) is 24.1 Å². The first-order chi connectivity index (χ1) is 21.3. The molecule has 44 heavy (non-hydrogen) atoms. The topological polar surface area (TPSA) is 122 Å². The number of fused-ring (bicyclic) bond motifs is 1. The van der Waals surface area contributed by atoms with Crippen molar-refractivity contribution in [3.8, 4) is 22.5 Å². The number of anilines is 3. The highest BCUT2D eigenvalue weighted by atomic mass is 19.1. The molecule has 6 rings (SSSR count). The van der Waals surface area contributed by atoms with E-state index in [1.807, 2.05) is 0 Å². The average Bonchev–Trinajstić information content (AvgIpc) is 3.02. The van der Waals surface area contributed by atoms with E-state index in [4.69, 9.17) is 14.7 Å². The van der Waals surface area contributed by atoms with E-state index in [9.17, 15) is 18.4 Å². The van der Waals surface area contributed by atoms with Crippen LogP contribution in [0, 0.1) is 11.8 Å². The molecule has 5 aromatic rings. The second kappa shape index (κ2) is 12.5. The van der Waals surface area contributed by atoms with Gasteiger partial charge in [0.1, 0.15) is 17.1 Å². The van der Waals surface area contributed by atoms with Crippen LogP contribution >= 0.6 is 0 Å². The normalized spacial score (nSPS) is 13.1. The van der Waals surface area contributed by atoms with Crippen LogP contribution in [-0.2, 0) is 16.0 Å². The fourth-order valence-corrected chi connectivity index (χ4v) is 4.91. The smallest absolute Gasteiger partial charge is 0.323 e. The van der Waals surface area contributed by atoms with Gasteiger partial charge in [-0.15, -0.1) is 0 Å². The van der Waals surface area contributed by atoms with Crippen molar-refractivity contribution in [2.24, 2.45) is 0 Å². The second-order valence-electron chi connectivity index (χ2n) is 10.2. The van der Waals surface area contributed by atoms with Gasteiger partial charge in [-0.3, -0.25) is 9.78 Å². The predicted octanol–water partition coefficient (Wildman–Crippen LogP) is 5.64. The van der Waals surface area contributed by atoms with Crippen molar-refractivity contribution in [2.45, 2.75) is 13.3 Å². The molecule has 0 saturated carbocycles. The molecule has 0 unspecified atom stereocenters. The summed E-state index contributed by atoms with van der Waals surface area (Å²) >= 11 is 0. The zero-order chi connectivity index (χ0) is 30.6. The zero-order valence-corrected chi connectivity index (χ0v) is 23.7. The number of ketones is 1. The van der Waals surface area contributed by atoms with Gasteiger partial charge >= 0.3 is 6.03 Å². The number of benzene rings is 2. The highest BCUT2D eigenvalue weighted by Crippen LogP contribution is 2.31. The van der Waals surface area contributed by atoms with Gasteiger partial charge in [0.25, 0.3) is 0 Å². The minimum atomic E-state index is -0.599. The molecule has 1 fully saturated rings. The Labute approximate surface area is 251 Å².